The molecule has 25 heavy (non-hydrogen) atoms. The monoisotopic (exact) mass is 371 g/mol. The van der Waals surface area contributed by atoms with Gasteiger partial charge in [0, 0.05) is 16.4 Å². The van der Waals surface area contributed by atoms with Gasteiger partial charge in [-0.05, 0) is 55.9 Å². The van der Waals surface area contributed by atoms with E-state index in [0.717, 1.165) is 22.5 Å². The predicted octanol–water partition coefficient (Wildman–Crippen LogP) is 4.08. The summed E-state index contributed by atoms with van der Waals surface area (Å²) >= 11 is 11.4. The third kappa shape index (κ3) is 4.00. The van der Waals surface area contributed by atoms with Gasteiger partial charge in [-0.2, -0.15) is 0 Å². The molecule has 1 heterocycles. The molecule has 1 aliphatic rings. The number of amides is 1. The first-order valence-corrected chi connectivity index (χ1v) is 8.64. The summed E-state index contributed by atoms with van der Waals surface area (Å²) in [6.07, 6.45) is 0. The smallest absolute Gasteiger partial charge is 0.255 e. The molecule has 0 unspecified atom stereocenters. The first kappa shape index (κ1) is 17.5. The molecule has 0 saturated heterocycles. The number of hydrogen-bond donors (Lipinski definition) is 3. The molecule has 0 saturated carbocycles. The van der Waals surface area contributed by atoms with Crippen LogP contribution in [0.15, 0.2) is 59.8 Å². The second-order valence-corrected chi connectivity index (χ2v) is 6.79. The Morgan fingerprint density at radius 3 is 2.56 bits per heavy atom. The van der Waals surface area contributed by atoms with Crippen LogP contribution in [-0.2, 0) is 4.79 Å². The third-order valence-electron chi connectivity index (χ3n) is 4.01. The Morgan fingerprint density at radius 2 is 1.88 bits per heavy atom. The highest BCUT2D eigenvalue weighted by Gasteiger charge is 2.30. The largest absolute Gasteiger partial charge is 0.351 e. The van der Waals surface area contributed by atoms with Crippen molar-refractivity contribution in [1.82, 2.24) is 10.6 Å². The van der Waals surface area contributed by atoms with Crippen molar-refractivity contribution in [2.45, 2.75) is 19.9 Å². The minimum atomic E-state index is -0.363. The molecule has 0 radical (unpaired) electrons. The number of thiocarbonyl (C=S) groups is 1. The maximum absolute atomic E-state index is 12.9. The van der Waals surface area contributed by atoms with Crippen LogP contribution >= 0.6 is 23.8 Å². The van der Waals surface area contributed by atoms with Gasteiger partial charge in [0.15, 0.2) is 5.11 Å². The lowest BCUT2D eigenvalue weighted by molar-refractivity contribution is -0.113. The summed E-state index contributed by atoms with van der Waals surface area (Å²) in [6.45, 7) is 3.85. The molecule has 2 aromatic carbocycles. The SMILES string of the molecule is CC1=C(C(=O)Nc2ccc(C)cc2)[C@H](c2cccc(Cl)c2)NC(=S)N1. The van der Waals surface area contributed by atoms with Gasteiger partial charge in [-0.25, -0.2) is 0 Å². The molecule has 3 N–H and O–H groups in total. The van der Waals surface area contributed by atoms with Crippen molar-refractivity contribution in [3.05, 3.63) is 76.0 Å². The van der Waals surface area contributed by atoms with Gasteiger partial charge in [-0.15, -0.1) is 0 Å². The second-order valence-electron chi connectivity index (χ2n) is 5.95. The lowest BCUT2D eigenvalue weighted by atomic mass is 9.95. The Hall–Kier alpha value is -2.37. The molecule has 6 heteroatoms. The van der Waals surface area contributed by atoms with Crippen molar-refractivity contribution in [3.8, 4) is 0 Å². The van der Waals surface area contributed by atoms with Crippen LogP contribution in [0.25, 0.3) is 0 Å². The van der Waals surface area contributed by atoms with E-state index in [4.69, 9.17) is 23.8 Å². The molecule has 128 valence electrons. The van der Waals surface area contributed by atoms with Crippen molar-refractivity contribution in [1.29, 1.82) is 0 Å². The Bertz CT molecular complexity index is 861. The minimum Gasteiger partial charge on any atom is -0.351 e. The summed E-state index contributed by atoms with van der Waals surface area (Å²) in [6, 6.07) is 14.7. The van der Waals surface area contributed by atoms with Crippen molar-refractivity contribution >= 4 is 40.5 Å². The maximum Gasteiger partial charge on any atom is 0.255 e. The average Bonchev–Trinajstić information content (AvgIpc) is 2.56. The van der Waals surface area contributed by atoms with E-state index < -0.39 is 0 Å². The van der Waals surface area contributed by atoms with E-state index in [2.05, 4.69) is 16.0 Å². The number of carbonyl (C=O) groups excluding carboxylic acids is 1. The molecule has 2 aromatic rings. The zero-order chi connectivity index (χ0) is 18.0. The van der Waals surface area contributed by atoms with E-state index in [-0.39, 0.29) is 11.9 Å². The second kappa shape index (κ2) is 7.25. The summed E-state index contributed by atoms with van der Waals surface area (Å²) < 4.78 is 0. The lowest BCUT2D eigenvalue weighted by Crippen LogP contribution is -2.45. The fourth-order valence-corrected chi connectivity index (χ4v) is 3.24. The van der Waals surface area contributed by atoms with E-state index in [9.17, 15) is 4.79 Å². The van der Waals surface area contributed by atoms with Gasteiger partial charge in [-0.3, -0.25) is 4.79 Å². The molecule has 0 fully saturated rings. The number of nitrogens with one attached hydrogen (secondary N) is 3. The lowest BCUT2D eigenvalue weighted by Gasteiger charge is -2.30. The van der Waals surface area contributed by atoms with Crippen LogP contribution in [0, 0.1) is 6.92 Å². The van der Waals surface area contributed by atoms with E-state index in [1.807, 2.05) is 56.3 Å². The molecule has 0 spiro atoms. The van der Waals surface area contributed by atoms with Gasteiger partial charge in [0.05, 0.1) is 11.6 Å². The maximum atomic E-state index is 12.9. The van der Waals surface area contributed by atoms with Gasteiger partial charge in [0.2, 0.25) is 0 Å². The Morgan fingerprint density at radius 1 is 1.16 bits per heavy atom. The standard InChI is InChI=1S/C19H18ClN3OS/c1-11-6-8-15(9-7-11)22-18(24)16-12(2)21-19(25)23-17(16)13-4-3-5-14(20)10-13/h3-10,17H,1-2H3,(H,22,24)(H2,21,23,25)/t17-/m0/s1. The molecule has 0 aliphatic carbocycles. The van der Waals surface area contributed by atoms with Crippen LogP contribution in [0.3, 0.4) is 0 Å². The first-order chi connectivity index (χ1) is 11.9. The molecule has 0 bridgehead atoms. The van der Waals surface area contributed by atoms with E-state index >= 15 is 0 Å². The van der Waals surface area contributed by atoms with E-state index in [1.165, 1.54) is 0 Å². The zero-order valence-electron chi connectivity index (χ0n) is 13.9. The van der Waals surface area contributed by atoms with Crippen LogP contribution in [0.4, 0.5) is 5.69 Å². The van der Waals surface area contributed by atoms with Crippen LogP contribution in [0.2, 0.25) is 5.02 Å². The average molecular weight is 372 g/mol. The van der Waals surface area contributed by atoms with Crippen LogP contribution in [0.5, 0.6) is 0 Å². The van der Waals surface area contributed by atoms with Gasteiger partial charge in [-0.1, -0.05) is 41.4 Å². The van der Waals surface area contributed by atoms with Gasteiger partial charge in [0.25, 0.3) is 5.91 Å². The van der Waals surface area contributed by atoms with E-state index in [0.29, 0.717) is 15.7 Å². The normalized spacial score (nSPS) is 16.9. The Kier molecular flexibility index (Phi) is 5.06. The van der Waals surface area contributed by atoms with Crippen LogP contribution in [0.1, 0.15) is 24.1 Å². The molecular formula is C19H18ClN3OS. The molecule has 1 amide bonds. The molecule has 1 aliphatic heterocycles. The predicted molar refractivity (Wildman–Crippen MR) is 106 cm³/mol. The highest BCUT2D eigenvalue weighted by atomic mass is 35.5. The van der Waals surface area contributed by atoms with Crippen molar-refractivity contribution < 1.29 is 4.79 Å². The fourth-order valence-electron chi connectivity index (χ4n) is 2.77. The number of halogens is 1. The molecule has 4 nitrogen and oxygen atoms in total. The van der Waals surface area contributed by atoms with E-state index in [1.54, 1.807) is 6.07 Å². The minimum absolute atomic E-state index is 0.186. The summed E-state index contributed by atoms with van der Waals surface area (Å²) in [5, 5.41) is 10.2. The highest BCUT2D eigenvalue weighted by molar-refractivity contribution is 7.80. The van der Waals surface area contributed by atoms with Crippen molar-refractivity contribution in [2.24, 2.45) is 0 Å². The molecule has 1 atom stereocenters. The number of rotatable bonds is 3. The van der Waals surface area contributed by atoms with Crippen molar-refractivity contribution in [3.63, 3.8) is 0 Å². The van der Waals surface area contributed by atoms with Gasteiger partial charge in [0.1, 0.15) is 0 Å². The van der Waals surface area contributed by atoms with Gasteiger partial charge < -0.3 is 16.0 Å². The number of benzene rings is 2. The number of anilines is 1. The number of aryl methyl sites for hydroxylation is 1. The first-order valence-electron chi connectivity index (χ1n) is 7.86. The Labute approximate surface area is 157 Å². The number of hydrogen-bond acceptors (Lipinski definition) is 2. The van der Waals surface area contributed by atoms with Crippen LogP contribution < -0.4 is 16.0 Å². The Balaban J connectivity index is 1.94. The summed E-state index contributed by atoms with van der Waals surface area (Å²) in [5.41, 5.74) is 4.06. The number of allylic oxidation sites excluding steroid dienone is 1. The highest BCUT2D eigenvalue weighted by Crippen LogP contribution is 2.29. The summed E-state index contributed by atoms with van der Waals surface area (Å²) in [7, 11) is 0. The fraction of sp³-hybridized carbons (Fsp3) is 0.158. The summed E-state index contributed by atoms with van der Waals surface area (Å²) in [4.78, 5) is 12.9. The van der Waals surface area contributed by atoms with Crippen molar-refractivity contribution in [2.75, 3.05) is 5.32 Å². The quantitative estimate of drug-likeness (QED) is 0.711. The molecule has 0 aromatic heterocycles. The van der Waals surface area contributed by atoms with Crippen LogP contribution in [-0.4, -0.2) is 11.0 Å². The zero-order valence-corrected chi connectivity index (χ0v) is 15.5. The number of carbonyl (C=O) groups is 1. The molecular weight excluding hydrogens is 354 g/mol. The third-order valence-corrected chi connectivity index (χ3v) is 4.46. The summed E-state index contributed by atoms with van der Waals surface area (Å²) in [5.74, 6) is -0.186. The van der Waals surface area contributed by atoms with Gasteiger partial charge >= 0.3 is 0 Å². The molecule has 3 rings (SSSR count). The topological polar surface area (TPSA) is 53.2 Å².